The molecule has 2 nitrogen and oxygen atoms in total. The van der Waals surface area contributed by atoms with Gasteiger partial charge in [0.1, 0.15) is 0 Å². The minimum absolute atomic E-state index is 0. The van der Waals surface area contributed by atoms with Crippen LogP contribution in [-0.4, -0.2) is 17.8 Å². The Balaban J connectivity index is 0.00000196. The minimum atomic E-state index is -1.49. The van der Waals surface area contributed by atoms with Crippen molar-refractivity contribution >= 4 is 12.4 Å². The Morgan fingerprint density at radius 1 is 1.20 bits per heavy atom. The first kappa shape index (κ1) is 14.2. The van der Waals surface area contributed by atoms with Crippen molar-refractivity contribution in [3.05, 3.63) is 35.1 Å². The van der Waals surface area contributed by atoms with E-state index < -0.39 is 23.5 Å². The van der Waals surface area contributed by atoms with E-state index in [1.807, 2.05) is 0 Å². The number of halogens is 4. The Morgan fingerprint density at radius 3 is 2.07 bits per heavy atom. The van der Waals surface area contributed by atoms with Gasteiger partial charge in [0.15, 0.2) is 17.5 Å². The van der Waals surface area contributed by atoms with Crippen LogP contribution in [0.2, 0.25) is 0 Å². The molecule has 15 heavy (non-hydrogen) atoms. The van der Waals surface area contributed by atoms with Crippen LogP contribution < -0.4 is 5.73 Å². The van der Waals surface area contributed by atoms with Gasteiger partial charge in [0, 0.05) is 6.04 Å². The van der Waals surface area contributed by atoms with Crippen LogP contribution >= 0.6 is 12.4 Å². The first-order valence-electron chi connectivity index (χ1n) is 4.04. The van der Waals surface area contributed by atoms with E-state index in [0.29, 0.717) is 0 Å². The second-order valence-electron chi connectivity index (χ2n) is 3.02. The second kappa shape index (κ2) is 5.95. The average Bonchev–Trinajstić information content (AvgIpc) is 2.14. The molecule has 0 aromatic heterocycles. The van der Waals surface area contributed by atoms with E-state index in [1.54, 1.807) is 0 Å². The van der Waals surface area contributed by atoms with E-state index in [4.69, 9.17) is 10.8 Å². The normalized spacial score (nSPS) is 12.1. The maximum Gasteiger partial charge on any atom is 0.194 e. The van der Waals surface area contributed by atoms with Crippen LogP contribution in [0, 0.1) is 17.5 Å². The van der Waals surface area contributed by atoms with Gasteiger partial charge >= 0.3 is 0 Å². The third kappa shape index (κ3) is 3.70. The third-order valence-electron chi connectivity index (χ3n) is 1.78. The van der Waals surface area contributed by atoms with Crippen molar-refractivity contribution in [2.45, 2.75) is 12.5 Å². The van der Waals surface area contributed by atoms with E-state index in [2.05, 4.69) is 0 Å². The fourth-order valence-corrected chi connectivity index (χ4v) is 1.09. The molecule has 1 rings (SSSR count). The standard InChI is InChI=1S/C9H10F3NO.ClH/c10-7-2-5(1-6(13)4-14)3-8(11)9(7)12;/h2-3,6,14H,1,4,13H2;1H. The summed E-state index contributed by atoms with van der Waals surface area (Å²) < 4.78 is 37.9. The zero-order chi connectivity index (χ0) is 10.7. The maximum absolute atomic E-state index is 12.7. The fraction of sp³-hybridized carbons (Fsp3) is 0.333. The van der Waals surface area contributed by atoms with Crippen molar-refractivity contribution in [3.63, 3.8) is 0 Å². The van der Waals surface area contributed by atoms with Crippen LogP contribution in [0.4, 0.5) is 13.2 Å². The van der Waals surface area contributed by atoms with Crippen molar-refractivity contribution in [2.75, 3.05) is 6.61 Å². The lowest BCUT2D eigenvalue weighted by molar-refractivity contribution is 0.265. The Hall–Kier alpha value is -0.780. The molecular weight excluding hydrogens is 231 g/mol. The van der Waals surface area contributed by atoms with E-state index in [0.717, 1.165) is 12.1 Å². The number of hydrogen-bond acceptors (Lipinski definition) is 2. The SMILES string of the molecule is Cl.NC(CO)Cc1cc(F)c(F)c(F)c1. The highest BCUT2D eigenvalue weighted by atomic mass is 35.5. The molecule has 6 heteroatoms. The molecule has 0 aliphatic carbocycles. The monoisotopic (exact) mass is 241 g/mol. The van der Waals surface area contributed by atoms with Gasteiger partial charge in [-0.3, -0.25) is 0 Å². The molecule has 1 unspecified atom stereocenters. The van der Waals surface area contributed by atoms with Crippen molar-refractivity contribution in [1.29, 1.82) is 0 Å². The quantitative estimate of drug-likeness (QED) is 0.786. The molecule has 3 N–H and O–H groups in total. The van der Waals surface area contributed by atoms with Gasteiger partial charge in [0.2, 0.25) is 0 Å². The molecule has 0 fully saturated rings. The summed E-state index contributed by atoms with van der Waals surface area (Å²) >= 11 is 0. The van der Waals surface area contributed by atoms with Gasteiger partial charge < -0.3 is 10.8 Å². The molecule has 0 saturated heterocycles. The molecule has 1 atom stereocenters. The topological polar surface area (TPSA) is 46.2 Å². The van der Waals surface area contributed by atoms with Crippen molar-refractivity contribution in [1.82, 2.24) is 0 Å². The molecule has 0 aliphatic rings. The third-order valence-corrected chi connectivity index (χ3v) is 1.78. The molecule has 1 aromatic rings. The highest BCUT2D eigenvalue weighted by Crippen LogP contribution is 2.14. The summed E-state index contributed by atoms with van der Waals surface area (Å²) in [7, 11) is 0. The Morgan fingerprint density at radius 2 is 1.67 bits per heavy atom. The summed E-state index contributed by atoms with van der Waals surface area (Å²) in [5.41, 5.74) is 5.58. The lowest BCUT2D eigenvalue weighted by Gasteiger charge is -2.08. The lowest BCUT2D eigenvalue weighted by Crippen LogP contribution is -2.26. The van der Waals surface area contributed by atoms with Gasteiger partial charge in [0.25, 0.3) is 0 Å². The van der Waals surface area contributed by atoms with Crippen LogP contribution in [0.25, 0.3) is 0 Å². The molecule has 0 spiro atoms. The van der Waals surface area contributed by atoms with Crippen molar-refractivity contribution in [2.24, 2.45) is 5.73 Å². The summed E-state index contributed by atoms with van der Waals surface area (Å²) in [5, 5.41) is 8.60. The summed E-state index contributed by atoms with van der Waals surface area (Å²) in [6.45, 7) is -0.291. The van der Waals surface area contributed by atoms with Gasteiger partial charge in [-0.1, -0.05) is 0 Å². The Bertz CT molecular complexity index is 312. The molecular formula is C9H11ClF3NO. The van der Waals surface area contributed by atoms with Gasteiger partial charge in [-0.2, -0.15) is 0 Å². The first-order chi connectivity index (χ1) is 6.54. The fourth-order valence-electron chi connectivity index (χ4n) is 1.09. The molecule has 1 aromatic carbocycles. The molecule has 0 heterocycles. The smallest absolute Gasteiger partial charge is 0.194 e. The number of nitrogens with two attached hydrogens (primary N) is 1. The highest BCUT2D eigenvalue weighted by molar-refractivity contribution is 5.85. The van der Waals surface area contributed by atoms with Gasteiger partial charge in [-0.05, 0) is 24.1 Å². The summed E-state index contributed by atoms with van der Waals surface area (Å²) in [6, 6.07) is 1.14. The van der Waals surface area contributed by atoms with Crippen LogP contribution in [0.5, 0.6) is 0 Å². The summed E-state index contributed by atoms with van der Waals surface area (Å²) in [4.78, 5) is 0. The molecule has 0 amide bonds. The Kier molecular flexibility index (Phi) is 5.64. The zero-order valence-electron chi connectivity index (χ0n) is 7.71. The van der Waals surface area contributed by atoms with Crippen LogP contribution in [0.3, 0.4) is 0 Å². The van der Waals surface area contributed by atoms with Crippen molar-refractivity contribution < 1.29 is 18.3 Å². The predicted octanol–water partition coefficient (Wildman–Crippen LogP) is 1.39. The molecule has 86 valence electrons. The first-order valence-corrected chi connectivity index (χ1v) is 4.04. The van der Waals surface area contributed by atoms with Gasteiger partial charge in [-0.25, -0.2) is 13.2 Å². The molecule has 0 aliphatic heterocycles. The zero-order valence-corrected chi connectivity index (χ0v) is 8.53. The highest BCUT2D eigenvalue weighted by Gasteiger charge is 2.11. The average molecular weight is 242 g/mol. The van der Waals surface area contributed by atoms with Gasteiger partial charge in [0.05, 0.1) is 6.61 Å². The molecule has 0 radical (unpaired) electrons. The van der Waals surface area contributed by atoms with Crippen molar-refractivity contribution in [3.8, 4) is 0 Å². The van der Waals surface area contributed by atoms with Crippen LogP contribution in [0.1, 0.15) is 5.56 Å². The number of aliphatic hydroxyl groups excluding tert-OH is 1. The van der Waals surface area contributed by atoms with E-state index in [-0.39, 0.29) is 31.0 Å². The van der Waals surface area contributed by atoms with Crippen LogP contribution in [-0.2, 0) is 6.42 Å². The summed E-state index contributed by atoms with van der Waals surface area (Å²) in [6.07, 6.45) is 0.102. The van der Waals surface area contributed by atoms with E-state index in [9.17, 15) is 13.2 Å². The Labute approximate surface area is 91.3 Å². The number of hydrogen-bond donors (Lipinski definition) is 2. The van der Waals surface area contributed by atoms with Crippen LogP contribution in [0.15, 0.2) is 12.1 Å². The number of benzene rings is 1. The second-order valence-corrected chi connectivity index (χ2v) is 3.02. The maximum atomic E-state index is 12.7. The predicted molar refractivity (Wildman–Crippen MR) is 52.3 cm³/mol. The summed E-state index contributed by atoms with van der Waals surface area (Å²) in [5.74, 6) is -3.98. The molecule has 0 bridgehead atoms. The number of rotatable bonds is 3. The molecule has 0 saturated carbocycles. The lowest BCUT2D eigenvalue weighted by atomic mass is 10.1. The van der Waals surface area contributed by atoms with Gasteiger partial charge in [-0.15, -0.1) is 12.4 Å². The largest absolute Gasteiger partial charge is 0.395 e. The van der Waals surface area contributed by atoms with E-state index in [1.165, 1.54) is 0 Å². The number of aliphatic hydroxyl groups is 1. The minimum Gasteiger partial charge on any atom is -0.395 e. The van der Waals surface area contributed by atoms with E-state index >= 15 is 0 Å².